The lowest BCUT2D eigenvalue weighted by Crippen LogP contribution is -2.39. The van der Waals surface area contributed by atoms with Crippen molar-refractivity contribution in [1.82, 2.24) is 10.2 Å². The van der Waals surface area contributed by atoms with Gasteiger partial charge in [0.1, 0.15) is 10.9 Å². The zero-order valence-electron chi connectivity index (χ0n) is 15.1. The third kappa shape index (κ3) is 6.80. The Balaban J connectivity index is 1.81. The van der Waals surface area contributed by atoms with Gasteiger partial charge < -0.3 is 10.4 Å². The predicted octanol–water partition coefficient (Wildman–Crippen LogP) is 2.96. The number of carbonyl (C=O) groups is 3. The quantitative estimate of drug-likeness (QED) is 0.372. The van der Waals surface area contributed by atoms with Crippen LogP contribution >= 0.6 is 24.0 Å². The molecule has 1 saturated heterocycles. The van der Waals surface area contributed by atoms with Crippen LogP contribution in [0.2, 0.25) is 0 Å². The first kappa shape index (κ1) is 21.1. The molecule has 0 radical (unpaired) electrons. The van der Waals surface area contributed by atoms with E-state index >= 15 is 0 Å². The zero-order chi connectivity index (χ0) is 19.8. The zero-order valence-corrected chi connectivity index (χ0v) is 16.7. The highest BCUT2D eigenvalue weighted by molar-refractivity contribution is 8.26. The molecule has 2 N–H and O–H groups in total. The fraction of sp³-hybridized carbons (Fsp3) is 0.368. The number of hydrogen-bond donors (Lipinski definition) is 2. The summed E-state index contributed by atoms with van der Waals surface area (Å²) in [6, 6.07) is 7.80. The van der Waals surface area contributed by atoms with E-state index < -0.39 is 5.97 Å². The molecule has 1 fully saturated rings. The molecule has 1 aromatic carbocycles. The first-order valence-corrected chi connectivity index (χ1v) is 9.90. The van der Waals surface area contributed by atoms with Crippen molar-refractivity contribution in [2.24, 2.45) is 0 Å². The molecule has 2 rings (SSSR count). The van der Waals surface area contributed by atoms with Crippen LogP contribution in [0.15, 0.2) is 29.2 Å². The van der Waals surface area contributed by atoms with Crippen LogP contribution in [0, 0.1) is 6.92 Å². The number of nitrogens with zero attached hydrogens (tertiary/aromatic N) is 1. The Morgan fingerprint density at radius 3 is 2.59 bits per heavy atom. The SMILES string of the molecule is Cc1ccc(C=C2SC(=S)N(CC(=O)NCCCCCC(=O)O)C2=O)cc1. The molecule has 0 aliphatic carbocycles. The molecule has 0 saturated carbocycles. The van der Waals surface area contributed by atoms with Gasteiger partial charge >= 0.3 is 5.97 Å². The Bertz CT molecular complexity index is 759. The third-order valence-corrected chi connectivity index (χ3v) is 5.32. The van der Waals surface area contributed by atoms with Crippen molar-refractivity contribution < 1.29 is 19.5 Å². The van der Waals surface area contributed by atoms with Gasteiger partial charge in [-0.1, -0.05) is 60.2 Å². The molecule has 0 spiro atoms. The summed E-state index contributed by atoms with van der Waals surface area (Å²) in [7, 11) is 0. The van der Waals surface area contributed by atoms with Crippen molar-refractivity contribution in [3.63, 3.8) is 0 Å². The van der Waals surface area contributed by atoms with Crippen LogP contribution in [0.5, 0.6) is 0 Å². The molecule has 1 aliphatic rings. The van der Waals surface area contributed by atoms with Crippen LogP contribution in [0.3, 0.4) is 0 Å². The smallest absolute Gasteiger partial charge is 0.303 e. The molecule has 0 unspecified atom stereocenters. The first-order chi connectivity index (χ1) is 12.9. The Hall–Kier alpha value is -2.19. The second kappa shape index (κ2) is 10.2. The summed E-state index contributed by atoms with van der Waals surface area (Å²) in [5.41, 5.74) is 2.05. The van der Waals surface area contributed by atoms with Crippen LogP contribution in [-0.4, -0.2) is 45.2 Å². The Kier molecular flexibility index (Phi) is 7.99. The summed E-state index contributed by atoms with van der Waals surface area (Å²) in [5, 5.41) is 11.3. The summed E-state index contributed by atoms with van der Waals surface area (Å²) in [4.78, 5) is 36.8. The minimum absolute atomic E-state index is 0.106. The van der Waals surface area contributed by atoms with Crippen LogP contribution in [0.1, 0.15) is 36.8 Å². The largest absolute Gasteiger partial charge is 0.481 e. The second-order valence-corrected chi connectivity index (χ2v) is 7.91. The molecular formula is C19H22N2O4S2. The summed E-state index contributed by atoms with van der Waals surface area (Å²) in [5.74, 6) is -1.35. The number of rotatable bonds is 9. The number of carbonyl (C=O) groups excluding carboxylic acids is 2. The van der Waals surface area contributed by atoms with Gasteiger partial charge in [0, 0.05) is 13.0 Å². The normalized spacial score (nSPS) is 15.4. The van der Waals surface area contributed by atoms with Crippen molar-refractivity contribution in [2.45, 2.75) is 32.6 Å². The van der Waals surface area contributed by atoms with Crippen LogP contribution in [-0.2, 0) is 14.4 Å². The van der Waals surface area contributed by atoms with E-state index in [-0.39, 0.29) is 24.8 Å². The first-order valence-electron chi connectivity index (χ1n) is 8.67. The summed E-state index contributed by atoms with van der Waals surface area (Å²) in [6.07, 6.45) is 3.93. The van der Waals surface area contributed by atoms with Gasteiger partial charge in [-0.15, -0.1) is 0 Å². The van der Waals surface area contributed by atoms with E-state index in [4.69, 9.17) is 17.3 Å². The number of carboxylic acid groups (broad SMARTS) is 1. The maximum Gasteiger partial charge on any atom is 0.303 e. The summed E-state index contributed by atoms with van der Waals surface area (Å²) < 4.78 is 0.370. The lowest BCUT2D eigenvalue weighted by molar-refractivity contribution is -0.137. The molecule has 0 aromatic heterocycles. The number of amides is 2. The molecular weight excluding hydrogens is 384 g/mol. The van der Waals surface area contributed by atoms with E-state index in [1.54, 1.807) is 6.08 Å². The maximum atomic E-state index is 12.5. The van der Waals surface area contributed by atoms with Gasteiger partial charge in [-0.3, -0.25) is 19.3 Å². The summed E-state index contributed by atoms with van der Waals surface area (Å²) >= 11 is 6.43. The lowest BCUT2D eigenvalue weighted by atomic mass is 10.1. The minimum atomic E-state index is -0.813. The number of hydrogen-bond acceptors (Lipinski definition) is 5. The maximum absolute atomic E-state index is 12.5. The molecule has 144 valence electrons. The number of aryl methyl sites for hydroxylation is 1. The van der Waals surface area contributed by atoms with Gasteiger partial charge in [-0.05, 0) is 31.4 Å². The number of unbranched alkanes of at least 4 members (excludes halogenated alkanes) is 2. The van der Waals surface area contributed by atoms with Crippen LogP contribution in [0.4, 0.5) is 0 Å². The monoisotopic (exact) mass is 406 g/mol. The molecule has 6 nitrogen and oxygen atoms in total. The molecule has 27 heavy (non-hydrogen) atoms. The predicted molar refractivity (Wildman–Crippen MR) is 110 cm³/mol. The fourth-order valence-electron chi connectivity index (χ4n) is 2.46. The molecule has 0 bridgehead atoms. The van der Waals surface area contributed by atoms with Crippen molar-refractivity contribution in [3.8, 4) is 0 Å². The molecule has 8 heteroatoms. The van der Waals surface area contributed by atoms with Gasteiger partial charge in [-0.25, -0.2) is 0 Å². The standard InChI is InChI=1S/C19H22N2O4S2/c1-13-6-8-14(9-7-13)11-15-18(25)21(19(26)27-15)12-16(22)20-10-4-2-3-5-17(23)24/h6-9,11H,2-5,10,12H2,1H3,(H,20,22)(H,23,24). The molecule has 1 aromatic rings. The number of thiocarbonyl (C=S) groups is 1. The van der Waals surface area contributed by atoms with Crippen LogP contribution < -0.4 is 5.32 Å². The van der Waals surface area contributed by atoms with Gasteiger partial charge in [0.2, 0.25) is 5.91 Å². The molecule has 2 amide bonds. The molecule has 1 aliphatic heterocycles. The van der Waals surface area contributed by atoms with Gasteiger partial charge in [0.15, 0.2) is 0 Å². The Morgan fingerprint density at radius 1 is 1.22 bits per heavy atom. The van der Waals surface area contributed by atoms with Crippen molar-refractivity contribution in [2.75, 3.05) is 13.1 Å². The van der Waals surface area contributed by atoms with E-state index in [2.05, 4.69) is 5.32 Å². The van der Waals surface area contributed by atoms with Crippen LogP contribution in [0.25, 0.3) is 6.08 Å². The number of aliphatic carboxylic acids is 1. The topological polar surface area (TPSA) is 86.7 Å². The summed E-state index contributed by atoms with van der Waals surface area (Å²) in [6.45, 7) is 2.34. The number of carboxylic acids is 1. The van der Waals surface area contributed by atoms with Gasteiger partial charge in [0.05, 0.1) is 4.91 Å². The average molecular weight is 407 g/mol. The number of benzene rings is 1. The van der Waals surface area contributed by atoms with E-state index in [9.17, 15) is 14.4 Å². The van der Waals surface area contributed by atoms with Crippen molar-refractivity contribution in [3.05, 3.63) is 40.3 Å². The van der Waals surface area contributed by atoms with E-state index in [1.165, 1.54) is 16.7 Å². The Morgan fingerprint density at radius 2 is 1.93 bits per heavy atom. The Labute approximate surface area is 168 Å². The molecule has 1 heterocycles. The van der Waals surface area contributed by atoms with E-state index in [0.29, 0.717) is 28.6 Å². The highest BCUT2D eigenvalue weighted by atomic mass is 32.2. The highest BCUT2D eigenvalue weighted by Gasteiger charge is 2.33. The van der Waals surface area contributed by atoms with Gasteiger partial charge in [0.25, 0.3) is 5.91 Å². The fourth-order valence-corrected chi connectivity index (χ4v) is 3.71. The van der Waals surface area contributed by atoms with E-state index in [0.717, 1.165) is 17.5 Å². The highest BCUT2D eigenvalue weighted by Crippen LogP contribution is 2.32. The van der Waals surface area contributed by atoms with E-state index in [1.807, 2.05) is 31.2 Å². The third-order valence-electron chi connectivity index (χ3n) is 3.94. The van der Waals surface area contributed by atoms with Gasteiger partial charge in [-0.2, -0.15) is 0 Å². The lowest BCUT2D eigenvalue weighted by Gasteiger charge is -2.14. The molecule has 0 atom stereocenters. The van der Waals surface area contributed by atoms with Crippen molar-refractivity contribution in [1.29, 1.82) is 0 Å². The second-order valence-electron chi connectivity index (χ2n) is 6.23. The number of nitrogens with one attached hydrogen (secondary N) is 1. The number of thioether (sulfide) groups is 1. The average Bonchev–Trinajstić information content (AvgIpc) is 2.87. The minimum Gasteiger partial charge on any atom is -0.481 e. The van der Waals surface area contributed by atoms with Crippen molar-refractivity contribution >= 4 is 52.2 Å².